The number of aromatic nitrogens is 4. The molecule has 0 bridgehead atoms. The summed E-state index contributed by atoms with van der Waals surface area (Å²) in [5, 5.41) is 14.9. The monoisotopic (exact) mass is 318 g/mol. The third-order valence-electron chi connectivity index (χ3n) is 4.78. The number of pyridine rings is 1. The summed E-state index contributed by atoms with van der Waals surface area (Å²) in [7, 11) is 0. The molecule has 0 N–H and O–H groups in total. The highest BCUT2D eigenvalue weighted by Crippen LogP contribution is 2.34. The Morgan fingerprint density at radius 3 is 2.79 bits per heavy atom. The largest absolute Gasteiger partial charge is 0.370 e. The van der Waals surface area contributed by atoms with Crippen LogP contribution in [0.15, 0.2) is 37.1 Å². The number of benzene rings is 1. The molecule has 3 aromatic rings. The number of rotatable bonds is 2. The van der Waals surface area contributed by atoms with Crippen molar-refractivity contribution in [1.82, 2.24) is 19.7 Å². The lowest BCUT2D eigenvalue weighted by molar-refractivity contribution is 0.366. The van der Waals surface area contributed by atoms with Crippen LogP contribution < -0.4 is 4.90 Å². The molecule has 1 aliphatic heterocycles. The van der Waals surface area contributed by atoms with E-state index in [4.69, 9.17) is 0 Å². The fraction of sp³-hybridized carbons (Fsp3) is 0.333. The fourth-order valence-corrected chi connectivity index (χ4v) is 3.54. The number of piperidine rings is 1. The van der Waals surface area contributed by atoms with Gasteiger partial charge in [-0.1, -0.05) is 18.2 Å². The molecule has 1 aliphatic rings. The molecule has 0 unspecified atom stereocenters. The summed E-state index contributed by atoms with van der Waals surface area (Å²) >= 11 is 0. The van der Waals surface area contributed by atoms with Crippen molar-refractivity contribution in [3.63, 3.8) is 0 Å². The lowest BCUT2D eigenvalue weighted by Gasteiger charge is -2.34. The number of hydrogen-bond acceptors (Lipinski definition) is 5. The Kier molecular flexibility index (Phi) is 3.62. The molecule has 0 aliphatic carbocycles. The molecule has 0 saturated carbocycles. The van der Waals surface area contributed by atoms with Crippen LogP contribution in [0.3, 0.4) is 0 Å². The second-order valence-corrected chi connectivity index (χ2v) is 6.20. The van der Waals surface area contributed by atoms with E-state index in [1.165, 1.54) is 0 Å². The first-order valence-corrected chi connectivity index (χ1v) is 8.15. The van der Waals surface area contributed by atoms with Crippen molar-refractivity contribution in [1.29, 1.82) is 5.26 Å². The van der Waals surface area contributed by atoms with E-state index in [0.29, 0.717) is 11.6 Å². The highest BCUT2D eigenvalue weighted by atomic mass is 15.3. The van der Waals surface area contributed by atoms with Crippen LogP contribution in [-0.2, 0) is 0 Å². The van der Waals surface area contributed by atoms with E-state index in [1.54, 1.807) is 18.9 Å². The maximum Gasteiger partial charge on any atom is 0.137 e. The number of hydrogen-bond donors (Lipinski definition) is 0. The average molecular weight is 318 g/mol. The van der Waals surface area contributed by atoms with Crippen LogP contribution in [-0.4, -0.2) is 32.8 Å². The Bertz CT molecular complexity index is 901. The van der Waals surface area contributed by atoms with Gasteiger partial charge in [0.25, 0.3) is 0 Å². The Labute approximate surface area is 140 Å². The van der Waals surface area contributed by atoms with E-state index in [1.807, 2.05) is 10.7 Å². The smallest absolute Gasteiger partial charge is 0.137 e. The zero-order chi connectivity index (χ0) is 16.5. The number of nitrogens with zero attached hydrogens (tertiary/aromatic N) is 6. The molecule has 1 saturated heterocycles. The minimum atomic E-state index is 0.379. The van der Waals surface area contributed by atoms with E-state index in [0.717, 1.165) is 48.1 Å². The summed E-state index contributed by atoms with van der Waals surface area (Å²) in [4.78, 5) is 10.8. The molecule has 0 spiro atoms. The van der Waals surface area contributed by atoms with Crippen molar-refractivity contribution in [3.05, 3.63) is 48.2 Å². The molecule has 120 valence electrons. The normalized spacial score (nSPS) is 15.6. The van der Waals surface area contributed by atoms with E-state index in [9.17, 15) is 5.26 Å². The maximum absolute atomic E-state index is 9.54. The van der Waals surface area contributed by atoms with Crippen LogP contribution >= 0.6 is 0 Å². The third-order valence-corrected chi connectivity index (χ3v) is 4.78. The lowest BCUT2D eigenvalue weighted by atomic mass is 10.0. The Morgan fingerprint density at radius 1 is 1.25 bits per heavy atom. The summed E-state index contributed by atoms with van der Waals surface area (Å²) in [6, 6.07) is 8.85. The molecule has 4 rings (SSSR count). The van der Waals surface area contributed by atoms with Crippen molar-refractivity contribution < 1.29 is 0 Å². The van der Waals surface area contributed by atoms with Gasteiger partial charge in [0, 0.05) is 24.7 Å². The van der Waals surface area contributed by atoms with Crippen molar-refractivity contribution in [2.45, 2.75) is 25.8 Å². The Morgan fingerprint density at radius 2 is 2.08 bits per heavy atom. The molecular formula is C18H18N6. The van der Waals surface area contributed by atoms with Gasteiger partial charge in [0.15, 0.2) is 0 Å². The topological polar surface area (TPSA) is 70.6 Å². The minimum Gasteiger partial charge on any atom is -0.370 e. The zero-order valence-electron chi connectivity index (χ0n) is 13.6. The molecule has 2 aromatic heterocycles. The molecule has 24 heavy (non-hydrogen) atoms. The first-order valence-electron chi connectivity index (χ1n) is 8.15. The first kappa shape index (κ1) is 14.6. The Balaban J connectivity index is 1.70. The zero-order valence-corrected chi connectivity index (χ0v) is 13.6. The van der Waals surface area contributed by atoms with Crippen molar-refractivity contribution in [2.75, 3.05) is 18.0 Å². The molecule has 0 radical (unpaired) electrons. The van der Waals surface area contributed by atoms with Crippen LogP contribution in [0, 0.1) is 18.3 Å². The van der Waals surface area contributed by atoms with Gasteiger partial charge in [0.05, 0.1) is 22.8 Å². The molecule has 6 nitrogen and oxygen atoms in total. The highest BCUT2D eigenvalue weighted by molar-refractivity contribution is 5.96. The standard InChI is InChI=1S/C18H18N6/c1-13-3-2-4-16-17(13)21-10-14(9-19)18(16)23-7-5-15(6-8-23)24-12-20-11-22-24/h2-4,10-12,15H,5-8H2,1H3. The molecule has 3 heterocycles. The predicted octanol–water partition coefficient (Wildman–Crippen LogP) is 2.85. The lowest BCUT2D eigenvalue weighted by Crippen LogP contribution is -2.35. The maximum atomic E-state index is 9.54. The van der Waals surface area contributed by atoms with Gasteiger partial charge in [0.2, 0.25) is 0 Å². The molecular weight excluding hydrogens is 300 g/mol. The van der Waals surface area contributed by atoms with Crippen LogP contribution in [0.2, 0.25) is 0 Å². The highest BCUT2D eigenvalue weighted by Gasteiger charge is 2.24. The van der Waals surface area contributed by atoms with Gasteiger partial charge in [-0.25, -0.2) is 9.67 Å². The second-order valence-electron chi connectivity index (χ2n) is 6.20. The number of aryl methyl sites for hydroxylation is 1. The van der Waals surface area contributed by atoms with E-state index < -0.39 is 0 Å². The average Bonchev–Trinajstić information content (AvgIpc) is 3.16. The number of anilines is 1. The van der Waals surface area contributed by atoms with Crippen LogP contribution in [0.4, 0.5) is 5.69 Å². The second kappa shape index (κ2) is 5.93. The SMILES string of the molecule is Cc1cccc2c(N3CCC(n4cncn4)CC3)c(C#N)cnc12. The summed E-state index contributed by atoms with van der Waals surface area (Å²) in [5.41, 5.74) is 3.77. The molecule has 0 atom stereocenters. The van der Waals surface area contributed by atoms with Gasteiger partial charge in [0.1, 0.15) is 18.7 Å². The summed E-state index contributed by atoms with van der Waals surface area (Å²) in [6.45, 7) is 3.85. The van der Waals surface area contributed by atoms with Gasteiger partial charge in [-0.15, -0.1) is 0 Å². The molecule has 1 fully saturated rings. The van der Waals surface area contributed by atoms with Crippen LogP contribution in [0.1, 0.15) is 30.0 Å². The molecule has 0 amide bonds. The first-order chi connectivity index (χ1) is 11.8. The molecule has 6 heteroatoms. The fourth-order valence-electron chi connectivity index (χ4n) is 3.54. The van der Waals surface area contributed by atoms with E-state index in [2.05, 4.69) is 45.1 Å². The number of para-hydroxylation sites is 1. The summed E-state index contributed by atoms with van der Waals surface area (Å²) < 4.78 is 1.94. The van der Waals surface area contributed by atoms with Gasteiger partial charge < -0.3 is 4.90 Å². The quantitative estimate of drug-likeness (QED) is 0.726. The predicted molar refractivity (Wildman–Crippen MR) is 91.7 cm³/mol. The van der Waals surface area contributed by atoms with Gasteiger partial charge in [-0.2, -0.15) is 10.4 Å². The van der Waals surface area contributed by atoms with E-state index >= 15 is 0 Å². The van der Waals surface area contributed by atoms with Crippen LogP contribution in [0.5, 0.6) is 0 Å². The van der Waals surface area contributed by atoms with Crippen molar-refractivity contribution in [3.8, 4) is 6.07 Å². The van der Waals surface area contributed by atoms with Gasteiger partial charge in [-0.05, 0) is 25.3 Å². The van der Waals surface area contributed by atoms with Crippen LogP contribution in [0.25, 0.3) is 10.9 Å². The Hall–Kier alpha value is -2.94. The molecule has 1 aromatic carbocycles. The van der Waals surface area contributed by atoms with E-state index in [-0.39, 0.29) is 0 Å². The number of fused-ring (bicyclic) bond motifs is 1. The van der Waals surface area contributed by atoms with Gasteiger partial charge in [-0.3, -0.25) is 4.98 Å². The van der Waals surface area contributed by atoms with Crippen molar-refractivity contribution in [2.24, 2.45) is 0 Å². The summed E-state index contributed by atoms with van der Waals surface area (Å²) in [5.74, 6) is 0. The van der Waals surface area contributed by atoms with Gasteiger partial charge >= 0.3 is 0 Å². The number of nitriles is 1. The van der Waals surface area contributed by atoms with Crippen molar-refractivity contribution >= 4 is 16.6 Å². The minimum absolute atomic E-state index is 0.379. The third kappa shape index (κ3) is 2.38. The summed E-state index contributed by atoms with van der Waals surface area (Å²) in [6.07, 6.45) is 7.05.